The smallest absolute Gasteiger partial charge is 0.371 e. The first-order valence-electron chi connectivity index (χ1n) is 11.3. The lowest BCUT2D eigenvalue weighted by Crippen LogP contribution is -2.12. The fraction of sp³-hybridized carbons (Fsp3) is 0.269. The van der Waals surface area contributed by atoms with Crippen LogP contribution in [-0.2, 0) is 20.7 Å². The minimum absolute atomic E-state index is 0.0964. The summed E-state index contributed by atoms with van der Waals surface area (Å²) < 4.78 is 15.9. The van der Waals surface area contributed by atoms with Crippen LogP contribution in [0.2, 0.25) is 10.0 Å². The predicted octanol–water partition coefficient (Wildman–Crippen LogP) is 6.42. The van der Waals surface area contributed by atoms with E-state index < -0.39 is 11.9 Å². The van der Waals surface area contributed by atoms with E-state index in [0.717, 1.165) is 29.7 Å². The van der Waals surface area contributed by atoms with Crippen molar-refractivity contribution in [1.29, 1.82) is 0 Å². The Hall–Kier alpha value is -3.11. The number of hydrogen-bond donors (Lipinski definition) is 2. The van der Waals surface area contributed by atoms with Crippen LogP contribution in [0.1, 0.15) is 34.8 Å². The summed E-state index contributed by atoms with van der Waals surface area (Å²) in [5, 5.41) is 14.3. The normalized spacial score (nSPS) is 11.3. The minimum atomic E-state index is -1.27. The molecule has 0 aliphatic heterocycles. The van der Waals surface area contributed by atoms with Crippen molar-refractivity contribution in [3.8, 4) is 17.0 Å². The molecule has 37 heavy (non-hydrogen) atoms. The lowest BCUT2D eigenvalue weighted by atomic mass is 10.0. The van der Waals surface area contributed by atoms with E-state index in [4.69, 9.17) is 42.5 Å². The fourth-order valence-electron chi connectivity index (χ4n) is 3.55. The Morgan fingerprint density at radius 2 is 1.92 bits per heavy atom. The van der Waals surface area contributed by atoms with E-state index in [9.17, 15) is 9.59 Å². The molecule has 196 valence electrons. The SMILES string of the molecule is CCOCCCc1cccc(-c2csc(NC(=O)c3cc(Cl)c(/C=C(/OC)C(=O)O)c(Cl)c3)n2)c1OC. The second kappa shape index (κ2) is 13.4. The summed E-state index contributed by atoms with van der Waals surface area (Å²) in [6.45, 7) is 3.33. The van der Waals surface area contributed by atoms with Gasteiger partial charge in [-0.05, 0) is 49.6 Å². The highest BCUT2D eigenvalue weighted by Crippen LogP contribution is 2.36. The van der Waals surface area contributed by atoms with Crippen molar-refractivity contribution in [2.24, 2.45) is 0 Å². The number of aryl methyl sites for hydroxylation is 1. The average molecular weight is 565 g/mol. The second-order valence-corrected chi connectivity index (χ2v) is 9.33. The quantitative estimate of drug-likeness (QED) is 0.148. The molecule has 2 aromatic carbocycles. The third-order valence-electron chi connectivity index (χ3n) is 5.29. The third-order valence-corrected chi connectivity index (χ3v) is 6.67. The molecule has 0 radical (unpaired) electrons. The van der Waals surface area contributed by atoms with Crippen molar-refractivity contribution in [3.05, 3.63) is 68.2 Å². The van der Waals surface area contributed by atoms with E-state index in [1.165, 1.54) is 36.7 Å². The van der Waals surface area contributed by atoms with Gasteiger partial charge in [-0.2, -0.15) is 0 Å². The lowest BCUT2D eigenvalue weighted by molar-refractivity contribution is -0.135. The summed E-state index contributed by atoms with van der Waals surface area (Å²) in [5.74, 6) is -1.35. The van der Waals surface area contributed by atoms with Gasteiger partial charge in [0.05, 0.1) is 30.0 Å². The average Bonchev–Trinajstić information content (AvgIpc) is 3.34. The molecule has 1 amide bonds. The molecule has 0 unspecified atom stereocenters. The number of amides is 1. The van der Waals surface area contributed by atoms with Crippen LogP contribution in [-0.4, -0.2) is 49.4 Å². The molecule has 0 saturated heterocycles. The maximum Gasteiger partial charge on any atom is 0.371 e. The van der Waals surface area contributed by atoms with E-state index in [2.05, 4.69) is 10.3 Å². The number of carbonyl (C=O) groups is 2. The van der Waals surface area contributed by atoms with Crippen molar-refractivity contribution in [3.63, 3.8) is 0 Å². The molecule has 0 spiro atoms. The first kappa shape index (κ1) is 28.5. The van der Waals surface area contributed by atoms with Crippen LogP contribution >= 0.6 is 34.5 Å². The van der Waals surface area contributed by atoms with Crippen molar-refractivity contribution in [2.45, 2.75) is 19.8 Å². The van der Waals surface area contributed by atoms with Gasteiger partial charge in [-0.3, -0.25) is 10.1 Å². The summed E-state index contributed by atoms with van der Waals surface area (Å²) in [7, 11) is 2.85. The van der Waals surface area contributed by atoms with Gasteiger partial charge in [0.1, 0.15) is 5.75 Å². The Labute approximate surface area is 228 Å². The topological polar surface area (TPSA) is 107 Å². The molecule has 3 aromatic rings. The number of methoxy groups -OCH3 is 2. The number of nitrogens with one attached hydrogen (secondary N) is 1. The molecule has 0 bridgehead atoms. The van der Waals surface area contributed by atoms with Crippen LogP contribution in [0.15, 0.2) is 41.5 Å². The summed E-state index contributed by atoms with van der Waals surface area (Å²) >= 11 is 13.8. The standard InChI is InChI=1S/C26H26Cl2N2O6S/c1-4-36-10-6-8-15-7-5-9-17(23(15)35-3)21-14-37-26(29-21)30-24(31)16-11-19(27)18(20(28)12-16)13-22(34-2)25(32)33/h5,7,9,11-14H,4,6,8,10H2,1-3H3,(H,32,33)(H,29,30,31)/b22-13+. The molecule has 3 rings (SSSR count). The number of halogens is 2. The van der Waals surface area contributed by atoms with Crippen molar-refractivity contribution >= 4 is 57.6 Å². The van der Waals surface area contributed by atoms with Gasteiger partial charge in [-0.25, -0.2) is 9.78 Å². The van der Waals surface area contributed by atoms with Crippen LogP contribution in [0.4, 0.5) is 5.13 Å². The number of benzene rings is 2. The van der Waals surface area contributed by atoms with Gasteiger partial charge in [0.2, 0.25) is 5.76 Å². The largest absolute Gasteiger partial charge is 0.496 e. The molecular formula is C26H26Cl2N2O6S. The number of rotatable bonds is 12. The van der Waals surface area contributed by atoms with E-state index in [0.29, 0.717) is 24.0 Å². The number of para-hydroxylation sites is 1. The Morgan fingerprint density at radius 3 is 2.54 bits per heavy atom. The number of anilines is 1. The summed E-state index contributed by atoms with van der Waals surface area (Å²) in [5.41, 5.74) is 2.95. The Morgan fingerprint density at radius 1 is 1.19 bits per heavy atom. The molecule has 0 aliphatic carbocycles. The van der Waals surface area contributed by atoms with Crippen LogP contribution in [0.5, 0.6) is 5.75 Å². The van der Waals surface area contributed by atoms with E-state index in [1.807, 2.05) is 30.5 Å². The number of carboxylic acids is 1. The van der Waals surface area contributed by atoms with Crippen LogP contribution in [0.3, 0.4) is 0 Å². The Bertz CT molecular complexity index is 1280. The molecule has 8 nitrogen and oxygen atoms in total. The van der Waals surface area contributed by atoms with Gasteiger partial charge in [0.25, 0.3) is 5.91 Å². The van der Waals surface area contributed by atoms with E-state index >= 15 is 0 Å². The number of aromatic nitrogens is 1. The molecule has 0 atom stereocenters. The molecule has 0 aliphatic rings. The number of nitrogens with zero attached hydrogens (tertiary/aromatic N) is 1. The predicted molar refractivity (Wildman–Crippen MR) is 146 cm³/mol. The number of carbonyl (C=O) groups excluding carboxylic acids is 1. The first-order valence-corrected chi connectivity index (χ1v) is 12.9. The Kier molecular flexibility index (Phi) is 10.3. The highest BCUT2D eigenvalue weighted by Gasteiger charge is 2.18. The zero-order valence-corrected chi connectivity index (χ0v) is 22.8. The first-order chi connectivity index (χ1) is 17.8. The number of thiazole rings is 1. The van der Waals surface area contributed by atoms with Crippen molar-refractivity contribution in [1.82, 2.24) is 4.98 Å². The number of aliphatic carboxylic acids is 1. The number of carboxylic acid groups (broad SMARTS) is 1. The lowest BCUT2D eigenvalue weighted by Gasteiger charge is -2.12. The summed E-state index contributed by atoms with van der Waals surface area (Å²) in [6, 6.07) is 8.68. The molecule has 1 aromatic heterocycles. The highest BCUT2D eigenvalue weighted by molar-refractivity contribution is 7.14. The van der Waals surface area contributed by atoms with Crippen LogP contribution in [0, 0.1) is 0 Å². The zero-order valence-electron chi connectivity index (χ0n) is 20.5. The van der Waals surface area contributed by atoms with Gasteiger partial charge in [0, 0.05) is 35.3 Å². The molecular weight excluding hydrogens is 539 g/mol. The zero-order chi connectivity index (χ0) is 26.9. The summed E-state index contributed by atoms with van der Waals surface area (Å²) in [4.78, 5) is 28.6. The summed E-state index contributed by atoms with van der Waals surface area (Å²) in [6.07, 6.45) is 2.87. The fourth-order valence-corrected chi connectivity index (χ4v) is 4.85. The van der Waals surface area contributed by atoms with Gasteiger partial charge in [0.15, 0.2) is 5.13 Å². The van der Waals surface area contributed by atoms with Crippen LogP contribution < -0.4 is 10.1 Å². The number of hydrogen-bond acceptors (Lipinski definition) is 7. The maximum absolute atomic E-state index is 12.9. The highest BCUT2D eigenvalue weighted by atomic mass is 35.5. The monoisotopic (exact) mass is 564 g/mol. The minimum Gasteiger partial charge on any atom is -0.496 e. The Balaban J connectivity index is 1.79. The van der Waals surface area contributed by atoms with Crippen LogP contribution in [0.25, 0.3) is 17.3 Å². The maximum atomic E-state index is 12.9. The van der Waals surface area contributed by atoms with E-state index in [-0.39, 0.29) is 26.9 Å². The van der Waals surface area contributed by atoms with Gasteiger partial charge >= 0.3 is 5.97 Å². The molecule has 0 saturated carbocycles. The van der Waals surface area contributed by atoms with E-state index in [1.54, 1.807) is 7.11 Å². The van der Waals surface area contributed by atoms with Crippen molar-refractivity contribution in [2.75, 3.05) is 32.8 Å². The van der Waals surface area contributed by atoms with Crippen molar-refractivity contribution < 1.29 is 28.9 Å². The molecule has 2 N–H and O–H groups in total. The van der Waals surface area contributed by atoms with Gasteiger partial charge in [-0.1, -0.05) is 35.3 Å². The molecule has 1 heterocycles. The third kappa shape index (κ3) is 7.23. The molecule has 11 heteroatoms. The number of ether oxygens (including phenoxy) is 3. The van der Waals surface area contributed by atoms with Gasteiger partial charge in [-0.15, -0.1) is 11.3 Å². The molecule has 0 fully saturated rings. The second-order valence-electron chi connectivity index (χ2n) is 7.66. The van der Waals surface area contributed by atoms with Gasteiger partial charge < -0.3 is 19.3 Å².